The molecule has 212 valence electrons. The SMILES string of the molecule is CNC(=O)c1c(-c2ccc(F)cc2)oc2cc(N(CCC3Cc4ccccc4B(O)O3)S(C)(=O)=O)c(C3CC3)cc12. The van der Waals surface area contributed by atoms with Crippen LogP contribution in [-0.4, -0.2) is 52.4 Å². The Labute approximate surface area is 238 Å². The molecule has 2 N–H and O–H groups in total. The smallest absolute Gasteiger partial charge is 0.455 e. The number of benzene rings is 3. The molecule has 1 fully saturated rings. The number of halogens is 1. The highest BCUT2D eigenvalue weighted by Gasteiger charge is 2.35. The van der Waals surface area contributed by atoms with Gasteiger partial charge in [0.2, 0.25) is 10.0 Å². The lowest BCUT2D eigenvalue weighted by atomic mass is 9.72. The average Bonchev–Trinajstić information content (AvgIpc) is 3.72. The number of carbonyl (C=O) groups excluding carboxylic acids is 1. The van der Waals surface area contributed by atoms with E-state index in [4.69, 9.17) is 9.07 Å². The number of furan rings is 1. The number of anilines is 1. The molecule has 1 amide bonds. The molecule has 2 heterocycles. The minimum Gasteiger partial charge on any atom is -0.455 e. The van der Waals surface area contributed by atoms with E-state index in [-0.39, 0.29) is 30.2 Å². The molecule has 1 aliphatic carbocycles. The highest BCUT2D eigenvalue weighted by atomic mass is 32.2. The van der Waals surface area contributed by atoms with Crippen molar-refractivity contribution in [2.45, 2.75) is 37.7 Å². The Morgan fingerprint density at radius 1 is 1.15 bits per heavy atom. The van der Waals surface area contributed by atoms with Crippen LogP contribution in [0.25, 0.3) is 22.3 Å². The van der Waals surface area contributed by atoms with Crippen LogP contribution in [-0.2, 0) is 21.1 Å². The average molecular weight is 576 g/mol. The fourth-order valence-corrected chi connectivity index (χ4v) is 6.60. The Morgan fingerprint density at radius 3 is 2.56 bits per heavy atom. The van der Waals surface area contributed by atoms with E-state index in [9.17, 15) is 22.6 Å². The van der Waals surface area contributed by atoms with Crippen LogP contribution in [0.2, 0.25) is 0 Å². The number of nitrogens with zero attached hydrogens (tertiary/aromatic N) is 1. The molecule has 41 heavy (non-hydrogen) atoms. The number of sulfonamides is 1. The van der Waals surface area contributed by atoms with Crippen molar-refractivity contribution in [3.63, 3.8) is 0 Å². The van der Waals surface area contributed by atoms with Gasteiger partial charge in [-0.05, 0) is 78.5 Å². The summed E-state index contributed by atoms with van der Waals surface area (Å²) < 4.78 is 53.4. The first kappa shape index (κ1) is 27.5. The van der Waals surface area contributed by atoms with Gasteiger partial charge in [-0.15, -0.1) is 0 Å². The van der Waals surface area contributed by atoms with Crippen LogP contribution >= 0.6 is 0 Å². The fraction of sp³-hybridized carbons (Fsp3) is 0.300. The van der Waals surface area contributed by atoms with Crippen molar-refractivity contribution in [1.82, 2.24) is 5.32 Å². The molecule has 2 aliphatic rings. The van der Waals surface area contributed by atoms with Gasteiger partial charge in [0.05, 0.1) is 17.5 Å². The summed E-state index contributed by atoms with van der Waals surface area (Å²) in [6, 6.07) is 16.8. The van der Waals surface area contributed by atoms with Gasteiger partial charge in [-0.1, -0.05) is 24.3 Å². The topological polar surface area (TPSA) is 109 Å². The lowest BCUT2D eigenvalue weighted by molar-refractivity contribution is 0.0964. The number of hydrogen-bond acceptors (Lipinski definition) is 6. The van der Waals surface area contributed by atoms with Gasteiger partial charge in [0.15, 0.2) is 0 Å². The van der Waals surface area contributed by atoms with E-state index in [0.29, 0.717) is 40.6 Å². The zero-order chi connectivity index (χ0) is 28.9. The lowest BCUT2D eigenvalue weighted by Gasteiger charge is -2.30. The van der Waals surface area contributed by atoms with Crippen molar-refractivity contribution in [3.8, 4) is 11.3 Å². The second-order valence-corrected chi connectivity index (χ2v) is 12.6. The minimum atomic E-state index is -3.72. The molecule has 0 bridgehead atoms. The standard InChI is InChI=1S/C30H30BFN2O6S/c1-33-30(35)28-24-16-23(18-7-8-18)26(17-27(24)39-29(28)19-9-11-21(32)12-10-19)34(41(2,37)38)14-13-22-15-20-5-3-4-6-25(20)31(36)40-22/h3-6,9-12,16-18,22,36H,7-8,13-15H2,1-2H3,(H,33,35). The lowest BCUT2D eigenvalue weighted by Crippen LogP contribution is -2.46. The number of carbonyl (C=O) groups is 1. The molecule has 8 nitrogen and oxygen atoms in total. The molecule has 0 spiro atoms. The van der Waals surface area contributed by atoms with Crippen molar-refractivity contribution < 1.29 is 31.7 Å². The first-order valence-electron chi connectivity index (χ1n) is 13.6. The van der Waals surface area contributed by atoms with Crippen LogP contribution in [0.1, 0.15) is 46.7 Å². The summed E-state index contributed by atoms with van der Waals surface area (Å²) in [4.78, 5) is 13.0. The van der Waals surface area contributed by atoms with Gasteiger partial charge in [0, 0.05) is 36.7 Å². The molecule has 0 radical (unpaired) electrons. The molecule has 3 aromatic carbocycles. The minimum absolute atomic E-state index is 0.136. The zero-order valence-corrected chi connectivity index (χ0v) is 23.6. The van der Waals surface area contributed by atoms with E-state index < -0.39 is 23.0 Å². The highest BCUT2D eigenvalue weighted by molar-refractivity contribution is 7.92. The maximum Gasteiger partial charge on any atom is 0.491 e. The molecule has 1 unspecified atom stereocenters. The zero-order valence-electron chi connectivity index (χ0n) is 22.8. The molecular weight excluding hydrogens is 546 g/mol. The Balaban J connectivity index is 1.40. The summed E-state index contributed by atoms with van der Waals surface area (Å²) in [6.45, 7) is 0.136. The van der Waals surface area contributed by atoms with E-state index >= 15 is 0 Å². The maximum absolute atomic E-state index is 13.6. The van der Waals surface area contributed by atoms with E-state index in [2.05, 4.69) is 5.32 Å². The quantitative estimate of drug-likeness (QED) is 0.308. The van der Waals surface area contributed by atoms with Crippen molar-refractivity contribution in [2.75, 3.05) is 24.2 Å². The van der Waals surface area contributed by atoms with Crippen molar-refractivity contribution >= 4 is 45.2 Å². The van der Waals surface area contributed by atoms with Crippen LogP contribution in [0.15, 0.2) is 65.1 Å². The fourth-order valence-electron chi connectivity index (χ4n) is 5.65. The second-order valence-electron chi connectivity index (χ2n) is 10.7. The van der Waals surface area contributed by atoms with Gasteiger partial charge in [-0.3, -0.25) is 9.10 Å². The molecular formula is C30H30BFN2O6S. The van der Waals surface area contributed by atoms with Crippen molar-refractivity contribution in [2.24, 2.45) is 0 Å². The normalized spacial score (nSPS) is 17.0. The molecule has 1 atom stereocenters. The van der Waals surface area contributed by atoms with Gasteiger partial charge in [-0.2, -0.15) is 0 Å². The molecule has 6 rings (SSSR count). The molecule has 1 aliphatic heterocycles. The second kappa shape index (κ2) is 10.6. The number of nitrogens with one attached hydrogen (secondary N) is 1. The third kappa shape index (κ3) is 5.37. The van der Waals surface area contributed by atoms with E-state index in [0.717, 1.165) is 29.4 Å². The number of hydrogen-bond donors (Lipinski definition) is 2. The predicted octanol–water partition coefficient (Wildman–Crippen LogP) is 3.96. The third-order valence-electron chi connectivity index (χ3n) is 7.83. The summed E-state index contributed by atoms with van der Waals surface area (Å²) in [5.74, 6) is -0.329. The molecule has 1 aromatic heterocycles. The number of rotatable bonds is 8. The Kier molecular flexibility index (Phi) is 7.13. The molecule has 0 saturated heterocycles. The van der Waals surface area contributed by atoms with Crippen LogP contribution in [0.3, 0.4) is 0 Å². The van der Waals surface area contributed by atoms with Crippen LogP contribution in [0.5, 0.6) is 0 Å². The van der Waals surface area contributed by atoms with Crippen molar-refractivity contribution in [1.29, 1.82) is 0 Å². The van der Waals surface area contributed by atoms with Gasteiger partial charge >= 0.3 is 7.12 Å². The van der Waals surface area contributed by atoms with E-state index in [1.165, 1.54) is 29.7 Å². The van der Waals surface area contributed by atoms with Crippen LogP contribution in [0, 0.1) is 5.82 Å². The Morgan fingerprint density at radius 2 is 1.88 bits per heavy atom. The third-order valence-corrected chi connectivity index (χ3v) is 9.01. The van der Waals surface area contributed by atoms with Gasteiger partial charge in [0.25, 0.3) is 5.91 Å². The van der Waals surface area contributed by atoms with Crippen molar-refractivity contribution in [3.05, 3.63) is 83.2 Å². The monoisotopic (exact) mass is 576 g/mol. The number of amides is 1. The summed E-state index contributed by atoms with van der Waals surface area (Å²) in [6.07, 6.45) is 3.54. The largest absolute Gasteiger partial charge is 0.491 e. The molecule has 11 heteroatoms. The summed E-state index contributed by atoms with van der Waals surface area (Å²) in [5, 5.41) is 13.7. The number of fused-ring (bicyclic) bond motifs is 2. The van der Waals surface area contributed by atoms with Gasteiger partial charge in [0.1, 0.15) is 17.2 Å². The summed E-state index contributed by atoms with van der Waals surface area (Å²) >= 11 is 0. The van der Waals surface area contributed by atoms with E-state index in [1.54, 1.807) is 18.2 Å². The molecule has 1 saturated carbocycles. The first-order chi connectivity index (χ1) is 19.6. The van der Waals surface area contributed by atoms with Gasteiger partial charge in [-0.25, -0.2) is 12.8 Å². The maximum atomic E-state index is 13.6. The first-order valence-corrected chi connectivity index (χ1v) is 15.5. The van der Waals surface area contributed by atoms with Crippen LogP contribution < -0.4 is 15.1 Å². The van der Waals surface area contributed by atoms with E-state index in [1.807, 2.05) is 30.3 Å². The predicted molar refractivity (Wildman–Crippen MR) is 156 cm³/mol. The Hall–Kier alpha value is -3.67. The summed E-state index contributed by atoms with van der Waals surface area (Å²) in [5.41, 5.74) is 4.24. The summed E-state index contributed by atoms with van der Waals surface area (Å²) in [7, 11) is -3.25. The highest BCUT2D eigenvalue weighted by Crippen LogP contribution is 2.48. The van der Waals surface area contributed by atoms with Gasteiger partial charge < -0.3 is 19.4 Å². The molecule has 4 aromatic rings. The Bertz CT molecular complexity index is 1740. The van der Waals surface area contributed by atoms with Crippen LogP contribution in [0.4, 0.5) is 10.1 Å².